The molecule has 2 heterocycles. The van der Waals surface area contributed by atoms with Gasteiger partial charge in [0.25, 0.3) is 0 Å². The number of carbonyl (C=O) groups is 1. The zero-order valence-electron chi connectivity index (χ0n) is 13.9. The van der Waals surface area contributed by atoms with E-state index in [1.165, 1.54) is 12.8 Å². The maximum absolute atomic E-state index is 12.9. The second kappa shape index (κ2) is 8.17. The van der Waals surface area contributed by atoms with Crippen LogP contribution in [0.2, 0.25) is 0 Å². The van der Waals surface area contributed by atoms with Crippen LogP contribution in [0.1, 0.15) is 36.5 Å². The van der Waals surface area contributed by atoms with Gasteiger partial charge in [0.05, 0.1) is 0 Å². The fourth-order valence-corrected chi connectivity index (χ4v) is 5.23. The molecule has 0 amide bonds. The number of ether oxygens (including phenoxy) is 1. The minimum Gasteiger partial charge on any atom is -0.444 e. The van der Waals surface area contributed by atoms with E-state index >= 15 is 0 Å². The summed E-state index contributed by atoms with van der Waals surface area (Å²) in [5.41, 5.74) is 2.02. The molecule has 0 radical (unpaired) electrons. The summed E-state index contributed by atoms with van der Waals surface area (Å²) in [5, 5.41) is 2.04. The van der Waals surface area contributed by atoms with Crippen molar-refractivity contribution in [2.45, 2.75) is 31.4 Å². The molecule has 1 fully saturated rings. The Balaban J connectivity index is 0.00000182. The van der Waals surface area contributed by atoms with Crippen LogP contribution in [0.5, 0.6) is 0 Å². The molecule has 0 saturated carbocycles. The molecule has 0 bridgehead atoms. The summed E-state index contributed by atoms with van der Waals surface area (Å²) in [4.78, 5) is 12.9. The van der Waals surface area contributed by atoms with Crippen molar-refractivity contribution in [3.05, 3.63) is 71.8 Å². The van der Waals surface area contributed by atoms with E-state index in [0.29, 0.717) is 6.04 Å². The summed E-state index contributed by atoms with van der Waals surface area (Å²) in [7, 11) is -0.498. The first-order chi connectivity index (χ1) is 11.8. The fourth-order valence-electron chi connectivity index (χ4n) is 3.33. The minimum atomic E-state index is -0.498. The maximum Gasteiger partial charge on any atom is 0.376 e. The lowest BCUT2D eigenvalue weighted by Gasteiger charge is -2.44. The van der Waals surface area contributed by atoms with E-state index in [-0.39, 0.29) is 23.8 Å². The molecule has 25 heavy (non-hydrogen) atoms. The maximum atomic E-state index is 12.9. The topological polar surface area (TPSA) is 29.5 Å². The Morgan fingerprint density at radius 3 is 2.12 bits per heavy atom. The summed E-state index contributed by atoms with van der Waals surface area (Å²) < 4.78 is 8.32. The number of rotatable bonds is 3. The van der Waals surface area contributed by atoms with Crippen molar-refractivity contribution in [3.8, 4) is 0 Å². The molecule has 2 aromatic carbocycles. The van der Waals surface area contributed by atoms with Crippen LogP contribution in [0.4, 0.5) is 4.79 Å². The molecule has 2 aliphatic rings. The summed E-state index contributed by atoms with van der Waals surface area (Å²) in [6, 6.07) is 20.6. The zero-order valence-corrected chi connectivity index (χ0v) is 15.5. The molecule has 132 valence electrons. The Kier molecular flexibility index (Phi) is 5.94. The smallest absolute Gasteiger partial charge is 0.376 e. The van der Waals surface area contributed by atoms with Gasteiger partial charge < -0.3 is 4.74 Å². The standard InChI is InChI=1S/C20H21NO2S.ClH/c22-20(24-15-7-12-18-13-14-21(18)24)23-19(16-8-3-1-4-9-16)17-10-5-2-6-11-17;/h1-6,8-11,15,18-19H,7,12-14H2;1H. The summed E-state index contributed by atoms with van der Waals surface area (Å²) in [6.45, 7) is 1.01. The van der Waals surface area contributed by atoms with Gasteiger partial charge in [-0.3, -0.25) is 0 Å². The summed E-state index contributed by atoms with van der Waals surface area (Å²) in [6.07, 6.45) is 3.06. The molecule has 2 unspecified atom stereocenters. The van der Waals surface area contributed by atoms with Crippen LogP contribution < -0.4 is 0 Å². The Bertz CT molecular complexity index is 711. The van der Waals surface area contributed by atoms with Crippen LogP contribution in [0.25, 0.3) is 0 Å². The largest absolute Gasteiger partial charge is 0.444 e. The Morgan fingerprint density at radius 1 is 1.00 bits per heavy atom. The van der Waals surface area contributed by atoms with Gasteiger partial charge in [-0.2, -0.15) is 0 Å². The third-order valence-electron chi connectivity index (χ3n) is 4.71. The molecule has 0 aliphatic carbocycles. The van der Waals surface area contributed by atoms with Crippen LogP contribution in [-0.4, -0.2) is 27.6 Å². The highest BCUT2D eigenvalue weighted by Gasteiger charge is 2.36. The summed E-state index contributed by atoms with van der Waals surface area (Å²) >= 11 is 0. The molecule has 5 heteroatoms. The van der Waals surface area contributed by atoms with Gasteiger partial charge in [-0.1, -0.05) is 60.7 Å². The number of carbonyl (C=O) groups excluding carboxylic acids is 1. The Labute approximate surface area is 157 Å². The van der Waals surface area contributed by atoms with Gasteiger partial charge in [-0.15, -0.1) is 12.4 Å². The number of halogens is 1. The van der Waals surface area contributed by atoms with Crippen LogP contribution in [0, 0.1) is 0 Å². The van der Waals surface area contributed by atoms with Crippen molar-refractivity contribution in [1.82, 2.24) is 4.31 Å². The molecule has 0 aromatic heterocycles. The molecule has 0 spiro atoms. The van der Waals surface area contributed by atoms with E-state index in [4.69, 9.17) is 4.74 Å². The molecule has 2 aliphatic heterocycles. The van der Waals surface area contributed by atoms with E-state index in [1.807, 2.05) is 60.7 Å². The molecule has 2 aromatic rings. The van der Waals surface area contributed by atoms with Gasteiger partial charge in [-0.05, 0) is 46.4 Å². The Hall–Kier alpha value is -1.62. The van der Waals surface area contributed by atoms with Gasteiger partial charge in [0, 0.05) is 12.6 Å². The van der Waals surface area contributed by atoms with E-state index in [9.17, 15) is 4.79 Å². The fraction of sp³-hybridized carbons (Fsp3) is 0.300. The predicted octanol–water partition coefficient (Wildman–Crippen LogP) is 5.19. The molecule has 4 rings (SSSR count). The van der Waals surface area contributed by atoms with E-state index in [1.54, 1.807) is 0 Å². The second-order valence-electron chi connectivity index (χ2n) is 6.21. The van der Waals surface area contributed by atoms with Gasteiger partial charge in [0.15, 0.2) is 6.10 Å². The van der Waals surface area contributed by atoms with Crippen molar-refractivity contribution < 1.29 is 9.53 Å². The van der Waals surface area contributed by atoms with Crippen LogP contribution >= 0.6 is 23.1 Å². The normalized spacial score (nSPS) is 22.1. The second-order valence-corrected chi connectivity index (χ2v) is 7.98. The van der Waals surface area contributed by atoms with E-state index < -0.39 is 10.7 Å². The zero-order chi connectivity index (χ0) is 16.4. The third kappa shape index (κ3) is 3.81. The first-order valence-electron chi connectivity index (χ1n) is 8.46. The lowest BCUT2D eigenvalue weighted by Crippen LogP contribution is -2.46. The van der Waals surface area contributed by atoms with Crippen molar-refractivity contribution in [3.63, 3.8) is 0 Å². The van der Waals surface area contributed by atoms with Crippen molar-refractivity contribution in [1.29, 1.82) is 0 Å². The number of hydrogen-bond donors (Lipinski definition) is 0. The minimum absolute atomic E-state index is 0. The summed E-state index contributed by atoms with van der Waals surface area (Å²) in [5.74, 6) is 0. The highest BCUT2D eigenvalue weighted by atomic mass is 35.5. The highest BCUT2D eigenvalue weighted by molar-refractivity contribution is 8.25. The van der Waals surface area contributed by atoms with Crippen LogP contribution in [0.15, 0.2) is 60.7 Å². The van der Waals surface area contributed by atoms with Crippen molar-refractivity contribution in [2.24, 2.45) is 0 Å². The SMILES string of the molecule is Cl.O=C(OC(c1ccccc1)c1ccccc1)S1=CCCC2CCN21. The molecule has 1 saturated heterocycles. The highest BCUT2D eigenvalue weighted by Crippen LogP contribution is 2.40. The lowest BCUT2D eigenvalue weighted by molar-refractivity contribution is 0.139. The molecular weight excluding hydrogens is 354 g/mol. The van der Waals surface area contributed by atoms with E-state index in [0.717, 1.165) is 24.1 Å². The average Bonchev–Trinajstić information content (AvgIpc) is 2.62. The first kappa shape index (κ1) is 18.2. The number of hydrogen-bond acceptors (Lipinski definition) is 3. The lowest BCUT2D eigenvalue weighted by atomic mass is 10.0. The van der Waals surface area contributed by atoms with Crippen LogP contribution in [-0.2, 0) is 4.74 Å². The van der Waals surface area contributed by atoms with Gasteiger partial charge >= 0.3 is 5.30 Å². The molecular formula is C20H22ClNO2S. The number of benzene rings is 2. The van der Waals surface area contributed by atoms with Gasteiger partial charge in [-0.25, -0.2) is 9.10 Å². The van der Waals surface area contributed by atoms with Gasteiger partial charge in [0.1, 0.15) is 0 Å². The number of nitrogens with zero attached hydrogens (tertiary/aromatic N) is 1. The number of fused-ring (bicyclic) bond motifs is 1. The monoisotopic (exact) mass is 375 g/mol. The molecule has 0 N–H and O–H groups in total. The molecule has 3 nitrogen and oxygen atoms in total. The third-order valence-corrected chi connectivity index (χ3v) is 6.68. The average molecular weight is 376 g/mol. The van der Waals surface area contributed by atoms with E-state index in [2.05, 4.69) is 9.67 Å². The van der Waals surface area contributed by atoms with Crippen LogP contribution in [0.3, 0.4) is 0 Å². The quantitative estimate of drug-likeness (QED) is 0.546. The first-order valence-corrected chi connectivity index (χ1v) is 9.71. The Morgan fingerprint density at radius 2 is 1.60 bits per heavy atom. The predicted molar refractivity (Wildman–Crippen MR) is 106 cm³/mol. The van der Waals surface area contributed by atoms with Crippen molar-refractivity contribution in [2.75, 3.05) is 6.54 Å². The van der Waals surface area contributed by atoms with Gasteiger partial charge in [0.2, 0.25) is 0 Å². The van der Waals surface area contributed by atoms with Crippen molar-refractivity contribution >= 4 is 33.7 Å². The molecule has 2 atom stereocenters.